The van der Waals surface area contributed by atoms with Crippen LogP contribution >= 0.6 is 10.7 Å². The first-order valence-electron chi connectivity index (χ1n) is 3.15. The van der Waals surface area contributed by atoms with Gasteiger partial charge in [-0.05, 0) is 12.8 Å². The lowest BCUT2D eigenvalue weighted by atomic mass is 10.1. The number of hydrogen-bond donors (Lipinski definition) is 0. The molecular weight excluding hydrogens is 217 g/mol. The van der Waals surface area contributed by atoms with Crippen LogP contribution in [0.3, 0.4) is 0 Å². The fraction of sp³-hybridized carbons (Fsp3) is 1.00. The molecule has 12 heavy (non-hydrogen) atoms. The van der Waals surface area contributed by atoms with Crippen molar-refractivity contribution in [3.05, 3.63) is 0 Å². The van der Waals surface area contributed by atoms with Crippen molar-refractivity contribution in [2.45, 2.75) is 19.0 Å². The molecule has 1 saturated carbocycles. The summed E-state index contributed by atoms with van der Waals surface area (Å²) in [5.74, 6) is -0.995. The third-order valence-electron chi connectivity index (χ3n) is 1.90. The Morgan fingerprint density at radius 1 is 1.33 bits per heavy atom. The average Bonchev–Trinajstić information content (AvgIpc) is 2.39. The Morgan fingerprint density at radius 2 is 1.75 bits per heavy atom. The van der Waals surface area contributed by atoms with Crippen LogP contribution in [0.2, 0.25) is 0 Å². The SMILES string of the molecule is O=S(=O)(Cl)CC1(C(F)(F)F)CC1. The minimum Gasteiger partial charge on any atom is -0.212 e. The Hall–Kier alpha value is 0.0300. The van der Waals surface area contributed by atoms with E-state index in [1.165, 1.54) is 0 Å². The molecule has 0 atom stereocenters. The van der Waals surface area contributed by atoms with Gasteiger partial charge in [-0.3, -0.25) is 0 Å². The molecule has 0 aromatic carbocycles. The van der Waals surface area contributed by atoms with Crippen molar-refractivity contribution in [1.29, 1.82) is 0 Å². The quantitative estimate of drug-likeness (QED) is 0.669. The van der Waals surface area contributed by atoms with Crippen molar-refractivity contribution in [1.82, 2.24) is 0 Å². The zero-order valence-corrected chi connectivity index (χ0v) is 7.43. The third kappa shape index (κ3) is 2.04. The van der Waals surface area contributed by atoms with Gasteiger partial charge in [0.2, 0.25) is 9.05 Å². The van der Waals surface area contributed by atoms with E-state index in [2.05, 4.69) is 0 Å². The molecule has 72 valence electrons. The number of hydrogen-bond acceptors (Lipinski definition) is 2. The van der Waals surface area contributed by atoms with Gasteiger partial charge in [-0.25, -0.2) is 8.42 Å². The van der Waals surface area contributed by atoms with E-state index in [-0.39, 0.29) is 12.8 Å². The molecule has 0 saturated heterocycles. The van der Waals surface area contributed by atoms with E-state index in [1.807, 2.05) is 0 Å². The highest BCUT2D eigenvalue weighted by atomic mass is 35.7. The van der Waals surface area contributed by atoms with Crippen molar-refractivity contribution in [3.8, 4) is 0 Å². The van der Waals surface area contributed by atoms with E-state index in [1.54, 1.807) is 0 Å². The van der Waals surface area contributed by atoms with Gasteiger partial charge in [-0.2, -0.15) is 13.2 Å². The van der Waals surface area contributed by atoms with Crippen LogP contribution in [0.15, 0.2) is 0 Å². The number of rotatable bonds is 2. The molecule has 0 N–H and O–H groups in total. The van der Waals surface area contributed by atoms with E-state index in [0.717, 1.165) is 0 Å². The van der Waals surface area contributed by atoms with Crippen LogP contribution in [0, 0.1) is 5.41 Å². The molecule has 0 spiro atoms. The zero-order chi connectivity index (χ0) is 9.62. The highest BCUT2D eigenvalue weighted by molar-refractivity contribution is 8.13. The molecule has 1 rings (SSSR count). The van der Waals surface area contributed by atoms with Gasteiger partial charge in [0.25, 0.3) is 0 Å². The van der Waals surface area contributed by atoms with Crippen LogP contribution in [0.1, 0.15) is 12.8 Å². The van der Waals surface area contributed by atoms with Gasteiger partial charge in [0.15, 0.2) is 0 Å². The molecule has 0 heterocycles. The lowest BCUT2D eigenvalue weighted by Gasteiger charge is -2.16. The van der Waals surface area contributed by atoms with Crippen molar-refractivity contribution in [2.75, 3.05) is 5.75 Å². The molecule has 1 aliphatic rings. The van der Waals surface area contributed by atoms with Crippen molar-refractivity contribution < 1.29 is 21.6 Å². The highest BCUT2D eigenvalue weighted by Gasteiger charge is 2.64. The topological polar surface area (TPSA) is 34.1 Å². The molecule has 7 heteroatoms. The Balaban J connectivity index is 2.76. The van der Waals surface area contributed by atoms with Crippen LogP contribution in [-0.4, -0.2) is 20.3 Å². The lowest BCUT2D eigenvalue weighted by Crippen LogP contribution is -2.30. The Bertz CT molecular complexity index is 278. The van der Waals surface area contributed by atoms with Gasteiger partial charge >= 0.3 is 6.18 Å². The van der Waals surface area contributed by atoms with Crippen LogP contribution in [0.5, 0.6) is 0 Å². The predicted molar refractivity (Wildman–Crippen MR) is 37.4 cm³/mol. The fourth-order valence-corrected chi connectivity index (χ4v) is 2.73. The predicted octanol–water partition coefficient (Wildman–Crippen LogP) is 1.90. The average molecular weight is 223 g/mol. The largest absolute Gasteiger partial charge is 0.395 e. The summed E-state index contributed by atoms with van der Waals surface area (Å²) in [5.41, 5.74) is -2.05. The van der Waals surface area contributed by atoms with Gasteiger partial charge < -0.3 is 0 Å². The Kier molecular flexibility index (Phi) is 2.11. The van der Waals surface area contributed by atoms with Gasteiger partial charge in [-0.1, -0.05) is 0 Å². The smallest absolute Gasteiger partial charge is 0.212 e. The summed E-state index contributed by atoms with van der Waals surface area (Å²) < 4.78 is 57.1. The van der Waals surface area contributed by atoms with Gasteiger partial charge in [-0.15, -0.1) is 0 Å². The summed E-state index contributed by atoms with van der Waals surface area (Å²) in [6, 6.07) is 0. The summed E-state index contributed by atoms with van der Waals surface area (Å²) in [6.07, 6.45) is -4.72. The molecule has 0 amide bonds. The molecule has 0 aliphatic heterocycles. The molecule has 0 aromatic rings. The maximum Gasteiger partial charge on any atom is 0.395 e. The summed E-state index contributed by atoms with van der Waals surface area (Å²) in [5, 5.41) is 0. The summed E-state index contributed by atoms with van der Waals surface area (Å²) in [4.78, 5) is 0. The van der Waals surface area contributed by atoms with Crippen LogP contribution in [0.4, 0.5) is 13.2 Å². The highest BCUT2D eigenvalue weighted by Crippen LogP contribution is 2.58. The normalized spacial score (nSPS) is 22.3. The molecule has 1 fully saturated rings. The van der Waals surface area contributed by atoms with Crippen molar-refractivity contribution in [3.63, 3.8) is 0 Å². The van der Waals surface area contributed by atoms with Crippen LogP contribution in [0.25, 0.3) is 0 Å². The number of alkyl halides is 3. The monoisotopic (exact) mass is 222 g/mol. The summed E-state index contributed by atoms with van der Waals surface area (Å²) in [6.45, 7) is 0. The lowest BCUT2D eigenvalue weighted by molar-refractivity contribution is -0.179. The van der Waals surface area contributed by atoms with Gasteiger partial charge in [0.1, 0.15) is 0 Å². The van der Waals surface area contributed by atoms with E-state index in [4.69, 9.17) is 10.7 Å². The maximum absolute atomic E-state index is 12.1. The minimum absolute atomic E-state index is 0.136. The third-order valence-corrected chi connectivity index (χ3v) is 3.13. The summed E-state index contributed by atoms with van der Waals surface area (Å²) >= 11 is 0. The van der Waals surface area contributed by atoms with Crippen molar-refractivity contribution >= 4 is 19.7 Å². The standard InChI is InChI=1S/C5H6ClF3O2S/c6-12(10,11)3-4(1-2-4)5(7,8)9/h1-3H2. The number of halogens is 4. The minimum atomic E-state index is -4.45. The molecule has 0 bridgehead atoms. The van der Waals surface area contributed by atoms with Crippen LogP contribution < -0.4 is 0 Å². The Labute approximate surface area is 72.1 Å². The van der Waals surface area contributed by atoms with E-state index >= 15 is 0 Å². The Morgan fingerprint density at radius 3 is 1.83 bits per heavy atom. The van der Waals surface area contributed by atoms with Gasteiger partial charge in [0.05, 0.1) is 11.2 Å². The fourth-order valence-electron chi connectivity index (χ4n) is 0.991. The molecule has 0 aromatic heterocycles. The molecule has 0 radical (unpaired) electrons. The molecular formula is C5H6ClF3O2S. The zero-order valence-electron chi connectivity index (χ0n) is 5.86. The van der Waals surface area contributed by atoms with E-state index in [0.29, 0.717) is 0 Å². The van der Waals surface area contributed by atoms with E-state index in [9.17, 15) is 21.6 Å². The molecule has 1 aliphatic carbocycles. The first-order chi connectivity index (χ1) is 5.16. The maximum atomic E-state index is 12.1. The first kappa shape index (κ1) is 10.1. The van der Waals surface area contributed by atoms with Gasteiger partial charge in [0, 0.05) is 10.7 Å². The second kappa shape index (κ2) is 2.51. The van der Waals surface area contributed by atoms with E-state index < -0.39 is 26.4 Å². The second-order valence-corrected chi connectivity index (χ2v) is 5.74. The first-order valence-corrected chi connectivity index (χ1v) is 5.63. The summed E-state index contributed by atoms with van der Waals surface area (Å²) in [7, 11) is 0.686. The second-order valence-electron chi connectivity index (χ2n) is 2.96. The molecule has 0 unspecified atom stereocenters. The molecule has 2 nitrogen and oxygen atoms in total. The van der Waals surface area contributed by atoms with Crippen LogP contribution in [-0.2, 0) is 9.05 Å². The van der Waals surface area contributed by atoms with Crippen molar-refractivity contribution in [2.24, 2.45) is 5.41 Å².